The van der Waals surface area contributed by atoms with Crippen LogP contribution >= 0.6 is 0 Å². The van der Waals surface area contributed by atoms with E-state index in [1.807, 2.05) is 26.0 Å². The first-order chi connectivity index (χ1) is 8.00. The monoisotopic (exact) mass is 233 g/mol. The van der Waals surface area contributed by atoms with Crippen LogP contribution in [0.2, 0.25) is 0 Å². The zero-order valence-electron chi connectivity index (χ0n) is 10.7. The van der Waals surface area contributed by atoms with Gasteiger partial charge < -0.3 is 10.1 Å². The summed E-state index contributed by atoms with van der Waals surface area (Å²) in [6.07, 6.45) is 2.50. The smallest absolute Gasteiger partial charge is 0.228 e. The largest absolute Gasteiger partial charge is 0.485 e. The molecule has 1 N–H and O–H groups in total. The quantitative estimate of drug-likeness (QED) is 0.852. The molecule has 17 heavy (non-hydrogen) atoms. The Hall–Kier alpha value is -1.51. The average Bonchev–Trinajstić information content (AvgIpc) is 2.31. The Kier molecular flexibility index (Phi) is 3.09. The molecule has 1 aromatic carbocycles. The van der Waals surface area contributed by atoms with Crippen molar-refractivity contribution in [2.45, 2.75) is 45.6 Å². The average molecular weight is 233 g/mol. The molecule has 1 aliphatic rings. The summed E-state index contributed by atoms with van der Waals surface area (Å²) in [5.41, 5.74) is 1.59. The summed E-state index contributed by atoms with van der Waals surface area (Å²) in [5.74, 6) is 0.781. The first-order valence-electron chi connectivity index (χ1n) is 6.12. The molecular weight excluding hydrogens is 214 g/mol. The first kappa shape index (κ1) is 12.0. The number of carbonyl (C=O) groups excluding carboxylic acids is 1. The van der Waals surface area contributed by atoms with E-state index in [4.69, 9.17) is 4.74 Å². The number of nitrogens with one attached hydrogen (secondary N) is 1. The number of carbonyl (C=O) groups is 1. The topological polar surface area (TPSA) is 38.3 Å². The van der Waals surface area contributed by atoms with Crippen molar-refractivity contribution in [1.82, 2.24) is 0 Å². The van der Waals surface area contributed by atoms with Crippen molar-refractivity contribution in [1.29, 1.82) is 0 Å². The van der Waals surface area contributed by atoms with Crippen LogP contribution in [0.15, 0.2) is 18.2 Å². The highest BCUT2D eigenvalue weighted by Gasteiger charge is 2.28. The molecule has 0 fully saturated rings. The minimum Gasteiger partial charge on any atom is -0.485 e. The Bertz CT molecular complexity index is 438. The van der Waals surface area contributed by atoms with E-state index in [0.29, 0.717) is 6.42 Å². The highest BCUT2D eigenvalue weighted by molar-refractivity contribution is 5.93. The van der Waals surface area contributed by atoms with Crippen LogP contribution < -0.4 is 10.1 Å². The SMILES string of the molecule is CCCc1ccc2c(c1)NC(=O)CC(C)(C)O2. The summed E-state index contributed by atoms with van der Waals surface area (Å²) in [6, 6.07) is 6.03. The number of amides is 1. The fraction of sp³-hybridized carbons (Fsp3) is 0.500. The molecule has 0 aliphatic carbocycles. The number of benzene rings is 1. The lowest BCUT2D eigenvalue weighted by molar-refractivity contribution is -0.118. The van der Waals surface area contributed by atoms with Crippen LogP contribution in [-0.2, 0) is 11.2 Å². The Morgan fingerprint density at radius 2 is 2.18 bits per heavy atom. The van der Waals surface area contributed by atoms with Crippen LogP contribution in [0, 0.1) is 0 Å². The van der Waals surface area contributed by atoms with Crippen molar-refractivity contribution >= 4 is 11.6 Å². The molecule has 3 heteroatoms. The fourth-order valence-electron chi connectivity index (χ4n) is 2.12. The fourth-order valence-corrected chi connectivity index (χ4v) is 2.12. The van der Waals surface area contributed by atoms with Gasteiger partial charge in [-0.05, 0) is 38.0 Å². The molecule has 0 bridgehead atoms. The molecule has 0 radical (unpaired) electrons. The molecule has 1 amide bonds. The molecule has 92 valence electrons. The maximum atomic E-state index is 11.7. The molecule has 1 heterocycles. The lowest BCUT2D eigenvalue weighted by atomic mass is 10.1. The standard InChI is InChI=1S/C14H19NO2/c1-4-5-10-6-7-12-11(8-10)15-13(16)9-14(2,3)17-12/h6-8H,4-5,9H2,1-3H3,(H,15,16). The number of anilines is 1. The second-order valence-corrected chi connectivity index (χ2v) is 5.17. The van der Waals surface area contributed by atoms with Crippen LogP contribution in [0.3, 0.4) is 0 Å². The van der Waals surface area contributed by atoms with E-state index in [2.05, 4.69) is 18.3 Å². The lowest BCUT2D eigenvalue weighted by Gasteiger charge is -2.23. The van der Waals surface area contributed by atoms with Crippen LogP contribution in [-0.4, -0.2) is 11.5 Å². The van der Waals surface area contributed by atoms with Crippen LogP contribution in [0.25, 0.3) is 0 Å². The summed E-state index contributed by atoms with van der Waals surface area (Å²) in [7, 11) is 0. The molecule has 0 saturated heterocycles. The molecule has 0 aromatic heterocycles. The Morgan fingerprint density at radius 3 is 2.88 bits per heavy atom. The second kappa shape index (κ2) is 4.40. The zero-order valence-corrected chi connectivity index (χ0v) is 10.7. The lowest BCUT2D eigenvalue weighted by Crippen LogP contribution is -2.30. The molecule has 1 aliphatic heterocycles. The molecular formula is C14H19NO2. The van der Waals surface area contributed by atoms with E-state index in [1.54, 1.807) is 0 Å². The van der Waals surface area contributed by atoms with E-state index in [-0.39, 0.29) is 5.91 Å². The number of hydrogen-bond donors (Lipinski definition) is 1. The van der Waals surface area contributed by atoms with E-state index in [9.17, 15) is 4.79 Å². The van der Waals surface area contributed by atoms with Crippen LogP contribution in [0.1, 0.15) is 39.2 Å². The molecule has 0 atom stereocenters. The summed E-state index contributed by atoms with van der Waals surface area (Å²) < 4.78 is 5.86. The van der Waals surface area contributed by atoms with Gasteiger partial charge in [0.15, 0.2) is 0 Å². The van der Waals surface area contributed by atoms with Gasteiger partial charge >= 0.3 is 0 Å². The van der Waals surface area contributed by atoms with Crippen molar-refractivity contribution in [3.05, 3.63) is 23.8 Å². The van der Waals surface area contributed by atoms with Gasteiger partial charge in [0.05, 0.1) is 12.1 Å². The Labute approximate surface area is 102 Å². The summed E-state index contributed by atoms with van der Waals surface area (Å²) in [6.45, 7) is 6.01. The minimum absolute atomic E-state index is 0.0161. The van der Waals surface area contributed by atoms with Gasteiger partial charge in [-0.3, -0.25) is 4.79 Å². The number of aryl methyl sites for hydroxylation is 1. The minimum atomic E-state index is -0.443. The van der Waals surface area contributed by atoms with Crippen molar-refractivity contribution in [3.8, 4) is 5.75 Å². The zero-order chi connectivity index (χ0) is 12.5. The van der Waals surface area contributed by atoms with E-state index in [1.165, 1.54) is 5.56 Å². The van der Waals surface area contributed by atoms with Gasteiger partial charge in [0.2, 0.25) is 5.91 Å². The van der Waals surface area contributed by atoms with Gasteiger partial charge in [0.25, 0.3) is 0 Å². The van der Waals surface area contributed by atoms with Crippen molar-refractivity contribution in [2.75, 3.05) is 5.32 Å². The maximum Gasteiger partial charge on any atom is 0.228 e. The molecule has 0 unspecified atom stereocenters. The highest BCUT2D eigenvalue weighted by Crippen LogP contribution is 2.33. The van der Waals surface area contributed by atoms with Crippen LogP contribution in [0.4, 0.5) is 5.69 Å². The number of fused-ring (bicyclic) bond motifs is 1. The molecule has 3 nitrogen and oxygen atoms in total. The second-order valence-electron chi connectivity index (χ2n) is 5.17. The van der Waals surface area contributed by atoms with Gasteiger partial charge in [0.1, 0.15) is 11.4 Å². The number of rotatable bonds is 2. The van der Waals surface area contributed by atoms with Gasteiger partial charge in [0, 0.05) is 0 Å². The summed E-state index contributed by atoms with van der Waals surface area (Å²) in [4.78, 5) is 11.7. The van der Waals surface area contributed by atoms with Gasteiger partial charge in [-0.1, -0.05) is 19.4 Å². The van der Waals surface area contributed by atoms with Gasteiger partial charge in [-0.2, -0.15) is 0 Å². The highest BCUT2D eigenvalue weighted by atomic mass is 16.5. The summed E-state index contributed by atoms with van der Waals surface area (Å²) in [5, 5.41) is 2.91. The molecule has 1 aromatic rings. The van der Waals surface area contributed by atoms with Crippen molar-refractivity contribution in [2.24, 2.45) is 0 Å². The van der Waals surface area contributed by atoms with Crippen molar-refractivity contribution < 1.29 is 9.53 Å². The maximum absolute atomic E-state index is 11.7. The molecule has 0 saturated carbocycles. The van der Waals surface area contributed by atoms with Gasteiger partial charge in [-0.15, -0.1) is 0 Å². The Balaban J connectivity index is 2.35. The molecule has 2 rings (SSSR count). The third-order valence-corrected chi connectivity index (χ3v) is 2.83. The first-order valence-corrected chi connectivity index (χ1v) is 6.12. The number of hydrogen-bond acceptors (Lipinski definition) is 2. The Morgan fingerprint density at radius 1 is 1.41 bits per heavy atom. The van der Waals surface area contributed by atoms with Crippen LogP contribution in [0.5, 0.6) is 5.75 Å². The predicted octanol–water partition coefficient (Wildman–Crippen LogP) is 3.14. The predicted molar refractivity (Wildman–Crippen MR) is 68.4 cm³/mol. The third kappa shape index (κ3) is 2.78. The molecule has 0 spiro atoms. The normalized spacial score (nSPS) is 17.7. The van der Waals surface area contributed by atoms with Crippen molar-refractivity contribution in [3.63, 3.8) is 0 Å². The third-order valence-electron chi connectivity index (χ3n) is 2.83. The van der Waals surface area contributed by atoms with E-state index < -0.39 is 5.60 Å². The number of ether oxygens (including phenoxy) is 1. The summed E-state index contributed by atoms with van der Waals surface area (Å²) >= 11 is 0. The van der Waals surface area contributed by atoms with E-state index in [0.717, 1.165) is 24.3 Å². The van der Waals surface area contributed by atoms with E-state index >= 15 is 0 Å². The van der Waals surface area contributed by atoms with Gasteiger partial charge in [-0.25, -0.2) is 0 Å².